The number of likely N-dealkylation sites (tertiary alicyclic amines) is 1. The first-order chi connectivity index (χ1) is 15.0. The summed E-state index contributed by atoms with van der Waals surface area (Å²) in [5.74, 6) is -0.0676. The third-order valence-electron chi connectivity index (χ3n) is 5.61. The lowest BCUT2D eigenvalue weighted by Gasteiger charge is -2.18. The molecule has 3 aromatic rings. The van der Waals surface area contributed by atoms with Crippen molar-refractivity contribution in [3.05, 3.63) is 82.2 Å². The Labute approximate surface area is 179 Å². The van der Waals surface area contributed by atoms with Crippen LogP contribution in [0.15, 0.2) is 59.8 Å². The van der Waals surface area contributed by atoms with Gasteiger partial charge in [0.2, 0.25) is 5.88 Å². The Hall–Kier alpha value is -3.52. The molecule has 1 amide bonds. The van der Waals surface area contributed by atoms with Gasteiger partial charge >= 0.3 is 0 Å². The van der Waals surface area contributed by atoms with Crippen LogP contribution < -0.4 is 10.3 Å². The molecule has 0 bridgehead atoms. The average molecular weight is 420 g/mol. The lowest BCUT2D eigenvalue weighted by Crippen LogP contribution is -2.36. The van der Waals surface area contributed by atoms with Crippen LogP contribution in [-0.4, -0.2) is 56.8 Å². The predicted octanol–water partition coefficient (Wildman–Crippen LogP) is 1.62. The molecule has 1 fully saturated rings. The highest BCUT2D eigenvalue weighted by atomic mass is 16.5. The van der Waals surface area contributed by atoms with Gasteiger partial charge in [0.25, 0.3) is 11.5 Å². The SMILES string of the molecule is COc1ccc(-n2ccc(C)c(C(=O)N3C[C@@H](Cc4ccccn4)[C@H](O)C3)c2=O)cn1. The molecule has 2 atom stereocenters. The number of aromatic nitrogens is 3. The number of hydrogen-bond donors (Lipinski definition) is 1. The van der Waals surface area contributed by atoms with Crippen molar-refractivity contribution in [2.45, 2.75) is 19.4 Å². The van der Waals surface area contributed by atoms with E-state index in [9.17, 15) is 14.7 Å². The number of methoxy groups -OCH3 is 1. The molecule has 0 spiro atoms. The van der Waals surface area contributed by atoms with Gasteiger partial charge in [-0.15, -0.1) is 0 Å². The maximum Gasteiger partial charge on any atom is 0.268 e. The second kappa shape index (κ2) is 8.69. The molecular weight excluding hydrogens is 396 g/mol. The van der Waals surface area contributed by atoms with Crippen molar-refractivity contribution >= 4 is 5.91 Å². The van der Waals surface area contributed by atoms with E-state index in [1.807, 2.05) is 18.2 Å². The standard InChI is InChI=1S/C23H24N4O4/c1-15-8-10-27(18-6-7-20(31-2)25-12-18)23(30)21(15)22(29)26-13-16(19(28)14-26)11-17-5-3-4-9-24-17/h3-10,12,16,19,28H,11,13-14H2,1-2H3/t16-,19-/m1/s1. The van der Waals surface area contributed by atoms with E-state index in [1.54, 1.807) is 42.4 Å². The molecule has 4 heterocycles. The highest BCUT2D eigenvalue weighted by molar-refractivity contribution is 5.95. The van der Waals surface area contributed by atoms with Gasteiger partial charge in [0.1, 0.15) is 5.56 Å². The number of hydrogen-bond acceptors (Lipinski definition) is 6. The van der Waals surface area contributed by atoms with Crippen LogP contribution in [0.25, 0.3) is 5.69 Å². The number of aryl methyl sites for hydroxylation is 1. The fourth-order valence-corrected chi connectivity index (χ4v) is 3.89. The number of β-amino-alcohol motifs (C(OH)–C–C–N with tert-alkyl or cyclic N) is 1. The van der Waals surface area contributed by atoms with Crippen molar-refractivity contribution in [1.29, 1.82) is 0 Å². The Bertz CT molecular complexity index is 1130. The predicted molar refractivity (Wildman–Crippen MR) is 114 cm³/mol. The largest absolute Gasteiger partial charge is 0.481 e. The Morgan fingerprint density at radius 3 is 2.71 bits per heavy atom. The summed E-state index contributed by atoms with van der Waals surface area (Å²) >= 11 is 0. The Morgan fingerprint density at radius 1 is 1.19 bits per heavy atom. The lowest BCUT2D eigenvalue weighted by molar-refractivity contribution is 0.0761. The first-order valence-corrected chi connectivity index (χ1v) is 10.1. The van der Waals surface area contributed by atoms with Crippen LogP contribution in [0, 0.1) is 12.8 Å². The van der Waals surface area contributed by atoms with Crippen LogP contribution >= 0.6 is 0 Å². The third-order valence-corrected chi connectivity index (χ3v) is 5.61. The second-order valence-corrected chi connectivity index (χ2v) is 7.67. The van der Waals surface area contributed by atoms with Crippen LogP contribution in [0.5, 0.6) is 5.88 Å². The van der Waals surface area contributed by atoms with Gasteiger partial charge in [-0.1, -0.05) is 6.07 Å². The van der Waals surface area contributed by atoms with Crippen molar-refractivity contribution in [2.24, 2.45) is 5.92 Å². The Balaban J connectivity index is 1.59. The number of aliphatic hydroxyl groups excluding tert-OH is 1. The van der Waals surface area contributed by atoms with Gasteiger partial charge in [0.05, 0.1) is 25.1 Å². The topological polar surface area (TPSA) is 97.5 Å². The molecule has 1 aliphatic rings. The first kappa shape index (κ1) is 20.7. The molecule has 160 valence electrons. The number of ether oxygens (including phenoxy) is 1. The van der Waals surface area contributed by atoms with E-state index in [0.29, 0.717) is 30.1 Å². The molecule has 0 aliphatic carbocycles. The lowest BCUT2D eigenvalue weighted by atomic mass is 10.00. The molecule has 8 nitrogen and oxygen atoms in total. The van der Waals surface area contributed by atoms with Crippen molar-refractivity contribution < 1.29 is 14.6 Å². The number of carbonyl (C=O) groups is 1. The summed E-state index contributed by atoms with van der Waals surface area (Å²) in [5, 5.41) is 10.5. The van der Waals surface area contributed by atoms with Gasteiger partial charge < -0.3 is 14.7 Å². The van der Waals surface area contributed by atoms with E-state index in [0.717, 1.165) is 5.69 Å². The minimum absolute atomic E-state index is 0.101. The van der Waals surface area contributed by atoms with E-state index < -0.39 is 11.7 Å². The van der Waals surface area contributed by atoms with Gasteiger partial charge in [-0.25, -0.2) is 4.98 Å². The molecule has 4 rings (SSSR count). The minimum atomic E-state index is -0.664. The van der Waals surface area contributed by atoms with Crippen molar-refractivity contribution in [3.63, 3.8) is 0 Å². The van der Waals surface area contributed by atoms with Gasteiger partial charge in [-0.2, -0.15) is 0 Å². The third kappa shape index (κ3) is 4.20. The molecule has 0 saturated carbocycles. The highest BCUT2D eigenvalue weighted by Crippen LogP contribution is 2.23. The number of pyridine rings is 3. The number of aliphatic hydroxyl groups is 1. The van der Waals surface area contributed by atoms with Gasteiger partial charge in [-0.3, -0.25) is 19.1 Å². The molecule has 0 unspecified atom stereocenters. The quantitative estimate of drug-likeness (QED) is 0.674. The second-order valence-electron chi connectivity index (χ2n) is 7.67. The van der Waals surface area contributed by atoms with Gasteiger partial charge in [0.15, 0.2) is 0 Å². The molecule has 3 aromatic heterocycles. The normalized spacial score (nSPS) is 18.2. The monoisotopic (exact) mass is 420 g/mol. The van der Waals surface area contributed by atoms with Crippen LogP contribution in [0.1, 0.15) is 21.6 Å². The maximum atomic E-state index is 13.3. The zero-order valence-electron chi connectivity index (χ0n) is 17.4. The summed E-state index contributed by atoms with van der Waals surface area (Å²) in [7, 11) is 1.52. The van der Waals surface area contributed by atoms with Crippen molar-refractivity contribution in [1.82, 2.24) is 19.4 Å². The molecule has 8 heteroatoms. The van der Waals surface area contributed by atoms with Gasteiger partial charge in [0, 0.05) is 43.2 Å². The summed E-state index contributed by atoms with van der Waals surface area (Å²) in [4.78, 5) is 36.4. The molecule has 0 aromatic carbocycles. The summed E-state index contributed by atoms with van der Waals surface area (Å²) in [6.45, 7) is 2.30. The van der Waals surface area contributed by atoms with E-state index in [1.165, 1.54) is 17.9 Å². The molecule has 0 radical (unpaired) electrons. The highest BCUT2D eigenvalue weighted by Gasteiger charge is 2.36. The summed E-state index contributed by atoms with van der Waals surface area (Å²) < 4.78 is 6.45. The van der Waals surface area contributed by atoms with Crippen LogP contribution in [0.2, 0.25) is 0 Å². The summed E-state index contributed by atoms with van der Waals surface area (Å²) in [6.07, 6.45) is 4.76. The molecule has 1 aliphatic heterocycles. The first-order valence-electron chi connectivity index (χ1n) is 10.1. The fraction of sp³-hybridized carbons (Fsp3) is 0.304. The van der Waals surface area contributed by atoms with Gasteiger partial charge in [-0.05, 0) is 43.2 Å². The zero-order valence-corrected chi connectivity index (χ0v) is 17.4. The molecule has 1 N–H and O–H groups in total. The number of rotatable bonds is 5. The molecule has 31 heavy (non-hydrogen) atoms. The number of nitrogens with zero attached hydrogens (tertiary/aromatic N) is 4. The zero-order chi connectivity index (χ0) is 22.0. The van der Waals surface area contributed by atoms with E-state index >= 15 is 0 Å². The average Bonchev–Trinajstić information content (AvgIpc) is 3.15. The van der Waals surface area contributed by atoms with E-state index in [2.05, 4.69) is 9.97 Å². The van der Waals surface area contributed by atoms with Crippen molar-refractivity contribution in [3.8, 4) is 11.6 Å². The molecule has 1 saturated heterocycles. The summed E-state index contributed by atoms with van der Waals surface area (Å²) in [5.41, 5.74) is 1.68. The fourth-order valence-electron chi connectivity index (χ4n) is 3.89. The Kier molecular flexibility index (Phi) is 5.81. The smallest absolute Gasteiger partial charge is 0.268 e. The van der Waals surface area contributed by atoms with Crippen LogP contribution in [-0.2, 0) is 6.42 Å². The van der Waals surface area contributed by atoms with E-state index in [-0.39, 0.29) is 23.9 Å². The van der Waals surface area contributed by atoms with Crippen molar-refractivity contribution in [2.75, 3.05) is 20.2 Å². The number of amides is 1. The molecular formula is C23H24N4O4. The maximum absolute atomic E-state index is 13.3. The number of carbonyl (C=O) groups excluding carboxylic acids is 1. The summed E-state index contributed by atoms with van der Waals surface area (Å²) in [6, 6.07) is 10.7. The van der Waals surface area contributed by atoms with Crippen LogP contribution in [0.4, 0.5) is 0 Å². The Morgan fingerprint density at radius 2 is 2.03 bits per heavy atom. The minimum Gasteiger partial charge on any atom is -0.481 e. The van der Waals surface area contributed by atoms with Crippen LogP contribution in [0.3, 0.4) is 0 Å². The van der Waals surface area contributed by atoms with E-state index in [4.69, 9.17) is 4.74 Å².